The summed E-state index contributed by atoms with van der Waals surface area (Å²) in [5.41, 5.74) is 0. The van der Waals surface area contributed by atoms with Gasteiger partial charge in [0.1, 0.15) is 0 Å². The van der Waals surface area contributed by atoms with E-state index >= 15 is 0 Å². The second kappa shape index (κ2) is 18.1. The molecule has 9 heteroatoms. The average Bonchev–Trinajstić information content (AvgIpc) is 2.61. The molecule has 0 aliphatic carbocycles. The molecule has 0 spiro atoms. The molecule has 182 valence electrons. The number of quaternary nitrogens is 1. The molecule has 0 saturated carbocycles. The number of phosphoric ester groups is 1. The predicted octanol–water partition coefficient (Wildman–Crippen LogP) is 5.54. The first-order valence-corrected chi connectivity index (χ1v) is 12.8. The van der Waals surface area contributed by atoms with Gasteiger partial charge in [-0.15, -0.1) is 0 Å². The van der Waals surface area contributed by atoms with E-state index in [1.807, 2.05) is 0 Å². The monoisotopic (exact) mass is 455 g/mol. The van der Waals surface area contributed by atoms with Crippen LogP contribution in [0.1, 0.15) is 96.8 Å². The van der Waals surface area contributed by atoms with Crippen molar-refractivity contribution in [3.63, 3.8) is 0 Å². The van der Waals surface area contributed by atoms with Gasteiger partial charge in [-0.1, -0.05) is 77.6 Å². The first-order chi connectivity index (χ1) is 13.6. The normalized spacial score (nSPS) is 14.7. The van der Waals surface area contributed by atoms with E-state index in [0.29, 0.717) is 0 Å². The van der Waals surface area contributed by atoms with Gasteiger partial charge in [0.05, 0.1) is 34.2 Å². The number of nitrogens with zero attached hydrogens (tertiary/aromatic N) is 1. The highest BCUT2D eigenvalue weighted by atomic mass is 31.2. The Morgan fingerprint density at radius 1 is 0.900 bits per heavy atom. The van der Waals surface area contributed by atoms with Crippen molar-refractivity contribution in [3.8, 4) is 0 Å². The molecule has 0 bridgehead atoms. The summed E-state index contributed by atoms with van der Waals surface area (Å²) in [7, 11) is 1.17. The lowest BCUT2D eigenvalue weighted by molar-refractivity contribution is -0.916. The number of hydrogen-bond donors (Lipinski definition) is 2. The van der Waals surface area contributed by atoms with E-state index in [0.717, 1.165) is 19.3 Å². The summed E-state index contributed by atoms with van der Waals surface area (Å²) in [4.78, 5) is 20.7. The fraction of sp³-hybridized carbons (Fsp3) is 0.952. The Kier molecular flexibility index (Phi) is 19.1. The van der Waals surface area contributed by atoms with Crippen LogP contribution < -0.4 is 0 Å². The maximum absolute atomic E-state index is 12.2. The van der Waals surface area contributed by atoms with Crippen molar-refractivity contribution in [1.82, 2.24) is 0 Å². The second-order valence-electron chi connectivity index (χ2n) is 8.80. The molecule has 0 heterocycles. The lowest BCUT2D eigenvalue weighted by Gasteiger charge is -2.33. The van der Waals surface area contributed by atoms with Crippen LogP contribution in [-0.2, 0) is 18.4 Å². The summed E-state index contributed by atoms with van der Waals surface area (Å²) < 4.78 is 22.7. The van der Waals surface area contributed by atoms with Crippen molar-refractivity contribution in [1.29, 1.82) is 0 Å². The SMILES string of the molecule is CCCCCCCCCCCCCCOP(=O)(O)O[C@H](CCC(=O)O)[N+](C)(C)C.[OH-]. The van der Waals surface area contributed by atoms with E-state index in [9.17, 15) is 14.3 Å². The molecule has 0 aromatic carbocycles. The molecule has 0 aliphatic rings. The highest BCUT2D eigenvalue weighted by molar-refractivity contribution is 7.47. The molecule has 8 nitrogen and oxygen atoms in total. The van der Waals surface area contributed by atoms with Crippen LogP contribution in [0.25, 0.3) is 0 Å². The van der Waals surface area contributed by atoms with Crippen LogP contribution >= 0.6 is 7.82 Å². The Bertz CT molecular complexity index is 469. The molecule has 0 amide bonds. The van der Waals surface area contributed by atoms with Crippen molar-refractivity contribution in [2.24, 2.45) is 0 Å². The lowest BCUT2D eigenvalue weighted by atomic mass is 10.1. The largest absolute Gasteiger partial charge is 0.870 e. The van der Waals surface area contributed by atoms with Crippen LogP contribution in [0.3, 0.4) is 0 Å². The molecule has 30 heavy (non-hydrogen) atoms. The van der Waals surface area contributed by atoms with Crippen molar-refractivity contribution in [3.05, 3.63) is 0 Å². The minimum Gasteiger partial charge on any atom is -0.870 e. The van der Waals surface area contributed by atoms with E-state index in [4.69, 9.17) is 14.2 Å². The Morgan fingerprint density at radius 3 is 1.73 bits per heavy atom. The van der Waals surface area contributed by atoms with Gasteiger partial charge in [-0.25, -0.2) is 9.09 Å². The van der Waals surface area contributed by atoms with E-state index < -0.39 is 20.0 Å². The van der Waals surface area contributed by atoms with E-state index in [-0.39, 0.29) is 29.4 Å². The zero-order valence-corrected chi connectivity index (χ0v) is 20.4. The maximum atomic E-state index is 12.2. The van der Waals surface area contributed by atoms with Crippen LogP contribution in [0.15, 0.2) is 0 Å². The number of carboxylic acid groups (broad SMARTS) is 1. The molecule has 3 N–H and O–H groups in total. The fourth-order valence-electron chi connectivity index (χ4n) is 3.14. The van der Waals surface area contributed by atoms with Crippen molar-refractivity contribution in [2.75, 3.05) is 27.7 Å². The van der Waals surface area contributed by atoms with Crippen LogP contribution in [0.5, 0.6) is 0 Å². The number of carbonyl (C=O) groups is 1. The summed E-state index contributed by atoms with van der Waals surface area (Å²) in [6, 6.07) is 0. The third-order valence-corrected chi connectivity index (χ3v) is 5.99. The summed E-state index contributed by atoms with van der Waals surface area (Å²) in [6.45, 7) is 2.41. The summed E-state index contributed by atoms with van der Waals surface area (Å²) in [6.07, 6.45) is 13.9. The van der Waals surface area contributed by atoms with Gasteiger partial charge in [-0.3, -0.25) is 9.32 Å². The number of unbranched alkanes of at least 4 members (excludes halogenated alkanes) is 11. The molecule has 0 aliphatic heterocycles. The zero-order valence-electron chi connectivity index (χ0n) is 19.6. The standard InChI is InChI=1S/C21H44NO6P.H2O/c1-5-6-7-8-9-10-11-12-13-14-15-16-19-27-29(25,26)28-20(22(2,3)4)17-18-21(23)24;/h20H,5-19H2,1-4H3,(H-,23,24,25,26);1H2/t20-;/m1./s1. The summed E-state index contributed by atoms with van der Waals surface area (Å²) in [5, 5.41) is 8.84. The molecule has 0 fully saturated rings. The number of hydrogen-bond acceptors (Lipinski definition) is 5. The van der Waals surface area contributed by atoms with Crippen molar-refractivity contribution in [2.45, 2.75) is 103 Å². The molecular formula is C21H46NO7P. The molecule has 0 radical (unpaired) electrons. The first kappa shape index (κ1) is 31.7. The van der Waals surface area contributed by atoms with Gasteiger partial charge >= 0.3 is 13.8 Å². The number of phosphoric acid groups is 1. The van der Waals surface area contributed by atoms with Crippen LogP contribution in [-0.4, -0.2) is 59.9 Å². The van der Waals surface area contributed by atoms with Crippen molar-refractivity contribution < 1.29 is 38.4 Å². The highest BCUT2D eigenvalue weighted by Gasteiger charge is 2.34. The van der Waals surface area contributed by atoms with Crippen LogP contribution in [0, 0.1) is 0 Å². The topological polar surface area (TPSA) is 123 Å². The fourth-order valence-corrected chi connectivity index (χ4v) is 4.25. The Labute approximate surface area is 183 Å². The molecule has 1 unspecified atom stereocenters. The smallest absolute Gasteiger partial charge is 0.476 e. The van der Waals surface area contributed by atoms with E-state index in [2.05, 4.69) is 6.92 Å². The molecule has 2 atom stereocenters. The van der Waals surface area contributed by atoms with Gasteiger partial charge in [0.2, 0.25) is 6.23 Å². The molecule has 0 aromatic heterocycles. The number of aliphatic carboxylic acids is 1. The third-order valence-electron chi connectivity index (χ3n) is 4.98. The number of rotatable bonds is 20. The van der Waals surface area contributed by atoms with Crippen molar-refractivity contribution >= 4 is 13.8 Å². The lowest BCUT2D eigenvalue weighted by Crippen LogP contribution is -2.46. The Balaban J connectivity index is 0. The van der Waals surface area contributed by atoms with Gasteiger partial charge in [0.15, 0.2) is 0 Å². The molecule has 0 saturated heterocycles. The van der Waals surface area contributed by atoms with Crippen LogP contribution in [0.4, 0.5) is 0 Å². The maximum Gasteiger partial charge on any atom is 0.476 e. The minimum atomic E-state index is -4.20. The van der Waals surface area contributed by atoms with Gasteiger partial charge in [0, 0.05) is 6.42 Å². The quantitative estimate of drug-likeness (QED) is 0.107. The summed E-state index contributed by atoms with van der Waals surface area (Å²) in [5.74, 6) is -0.961. The summed E-state index contributed by atoms with van der Waals surface area (Å²) >= 11 is 0. The number of carboxylic acids is 1. The second-order valence-corrected chi connectivity index (χ2v) is 10.2. The van der Waals surface area contributed by atoms with E-state index in [1.54, 1.807) is 21.1 Å². The van der Waals surface area contributed by atoms with Gasteiger partial charge < -0.3 is 20.0 Å². The first-order valence-electron chi connectivity index (χ1n) is 11.3. The molecular weight excluding hydrogens is 409 g/mol. The predicted molar refractivity (Wildman–Crippen MR) is 119 cm³/mol. The highest BCUT2D eigenvalue weighted by Crippen LogP contribution is 2.46. The van der Waals surface area contributed by atoms with Gasteiger partial charge in [0.25, 0.3) is 0 Å². The molecule has 0 rings (SSSR count). The Morgan fingerprint density at radius 2 is 1.33 bits per heavy atom. The Hall–Kier alpha value is -0.500. The molecule has 0 aromatic rings. The van der Waals surface area contributed by atoms with E-state index in [1.165, 1.54) is 57.8 Å². The average molecular weight is 456 g/mol. The third kappa shape index (κ3) is 19.5. The van der Waals surface area contributed by atoms with Gasteiger partial charge in [-0.2, -0.15) is 0 Å². The van der Waals surface area contributed by atoms with Crippen LogP contribution in [0.2, 0.25) is 0 Å². The minimum absolute atomic E-state index is 0. The van der Waals surface area contributed by atoms with Gasteiger partial charge in [-0.05, 0) is 6.42 Å². The zero-order chi connectivity index (χ0) is 22.2.